The molecule has 3 nitrogen and oxygen atoms in total. The summed E-state index contributed by atoms with van der Waals surface area (Å²) in [4.78, 5) is 10.3. The molecule has 4 rings (SSSR count). The molecule has 0 radical (unpaired) electrons. The minimum absolute atomic E-state index is 1.16. The largest absolute Gasteiger partial charge is 0.370 e. The van der Waals surface area contributed by atoms with Crippen molar-refractivity contribution in [3.63, 3.8) is 0 Å². The third-order valence-corrected chi connectivity index (χ3v) is 4.28. The highest BCUT2D eigenvalue weighted by atomic mass is 15.1. The molecule has 0 spiro atoms. The van der Waals surface area contributed by atoms with Gasteiger partial charge in [0.25, 0.3) is 0 Å². The van der Waals surface area contributed by atoms with Gasteiger partial charge in [0.05, 0.1) is 11.2 Å². The molecular weight excluding hydrogens is 258 g/mol. The van der Waals surface area contributed by atoms with E-state index in [0.29, 0.717) is 0 Å². The summed E-state index contributed by atoms with van der Waals surface area (Å²) in [5.41, 5.74) is 6.24. The number of hydrogen-bond acceptors (Lipinski definition) is 2. The Hall–Kier alpha value is -2.29. The first-order chi connectivity index (χ1) is 10.3. The second-order valence-corrected chi connectivity index (χ2v) is 5.85. The van der Waals surface area contributed by atoms with Gasteiger partial charge >= 0.3 is 0 Å². The molecule has 3 heterocycles. The Bertz CT molecular complexity index is 768. The number of benzene rings is 1. The van der Waals surface area contributed by atoms with E-state index >= 15 is 0 Å². The van der Waals surface area contributed by atoms with Crippen LogP contribution in [-0.4, -0.2) is 23.1 Å². The van der Waals surface area contributed by atoms with E-state index in [4.69, 9.17) is 0 Å². The second-order valence-electron chi connectivity index (χ2n) is 5.85. The molecule has 1 N–H and O–H groups in total. The number of aromatic amines is 1. The van der Waals surface area contributed by atoms with Crippen LogP contribution in [-0.2, 0) is 0 Å². The fraction of sp³-hybridized carbons (Fsp3) is 0.278. The zero-order valence-electron chi connectivity index (χ0n) is 12.3. The number of aryl methyl sites for hydroxylation is 1. The summed E-state index contributed by atoms with van der Waals surface area (Å²) >= 11 is 0. The third-order valence-electron chi connectivity index (χ3n) is 4.28. The lowest BCUT2D eigenvalue weighted by molar-refractivity contribution is 0.949. The van der Waals surface area contributed by atoms with E-state index in [1.165, 1.54) is 46.3 Å². The average molecular weight is 277 g/mol. The molecule has 3 aromatic rings. The van der Waals surface area contributed by atoms with E-state index < -0.39 is 0 Å². The second kappa shape index (κ2) is 4.92. The van der Waals surface area contributed by atoms with Crippen LogP contribution in [0.25, 0.3) is 22.0 Å². The fourth-order valence-electron chi connectivity index (χ4n) is 3.27. The summed E-state index contributed by atoms with van der Waals surface area (Å²) in [6, 6.07) is 10.9. The van der Waals surface area contributed by atoms with Crippen molar-refractivity contribution in [3.05, 3.63) is 48.4 Å². The first-order valence-electron chi connectivity index (χ1n) is 7.60. The molecule has 3 heteroatoms. The zero-order chi connectivity index (χ0) is 14.2. The maximum Gasteiger partial charge on any atom is 0.0694 e. The van der Waals surface area contributed by atoms with E-state index in [-0.39, 0.29) is 0 Å². The number of nitrogens with zero attached hydrogens (tertiary/aromatic N) is 2. The molecule has 1 aliphatic heterocycles. The van der Waals surface area contributed by atoms with Crippen LogP contribution in [0.5, 0.6) is 0 Å². The maximum atomic E-state index is 4.25. The molecule has 1 saturated heterocycles. The van der Waals surface area contributed by atoms with Gasteiger partial charge in [-0.3, -0.25) is 4.98 Å². The van der Waals surface area contributed by atoms with Crippen molar-refractivity contribution in [2.24, 2.45) is 0 Å². The minimum atomic E-state index is 1.16. The van der Waals surface area contributed by atoms with Gasteiger partial charge in [-0.05, 0) is 49.6 Å². The van der Waals surface area contributed by atoms with Crippen molar-refractivity contribution in [3.8, 4) is 11.1 Å². The lowest BCUT2D eigenvalue weighted by Crippen LogP contribution is -2.18. The first kappa shape index (κ1) is 12.5. The fourth-order valence-corrected chi connectivity index (χ4v) is 3.27. The topological polar surface area (TPSA) is 31.9 Å². The van der Waals surface area contributed by atoms with Crippen LogP contribution in [0.15, 0.2) is 42.7 Å². The number of pyridine rings is 1. The minimum Gasteiger partial charge on any atom is -0.370 e. The van der Waals surface area contributed by atoms with E-state index in [1.54, 1.807) is 0 Å². The summed E-state index contributed by atoms with van der Waals surface area (Å²) in [5.74, 6) is 0. The molecule has 0 amide bonds. The van der Waals surface area contributed by atoms with Gasteiger partial charge in [-0.25, -0.2) is 0 Å². The van der Waals surface area contributed by atoms with Crippen LogP contribution in [0.2, 0.25) is 0 Å². The molecule has 0 aliphatic carbocycles. The molecule has 106 valence electrons. The van der Waals surface area contributed by atoms with Gasteiger partial charge < -0.3 is 9.88 Å². The molecule has 2 aromatic heterocycles. The first-order valence-corrected chi connectivity index (χ1v) is 7.60. The number of aromatic nitrogens is 2. The molecule has 1 aromatic carbocycles. The highest BCUT2D eigenvalue weighted by Gasteiger charge is 2.17. The number of H-pyrrole nitrogens is 1. The Balaban J connectivity index is 1.93. The molecule has 0 bridgehead atoms. The van der Waals surface area contributed by atoms with Gasteiger partial charge in [0.15, 0.2) is 0 Å². The van der Waals surface area contributed by atoms with Gasteiger partial charge in [-0.15, -0.1) is 0 Å². The molecule has 0 unspecified atom stereocenters. The highest BCUT2D eigenvalue weighted by molar-refractivity contribution is 5.96. The van der Waals surface area contributed by atoms with Crippen LogP contribution < -0.4 is 4.90 Å². The Morgan fingerprint density at radius 2 is 1.95 bits per heavy atom. The maximum absolute atomic E-state index is 4.25. The third kappa shape index (κ3) is 2.19. The van der Waals surface area contributed by atoms with Gasteiger partial charge in [0.2, 0.25) is 0 Å². The Kier molecular flexibility index (Phi) is 2.92. The van der Waals surface area contributed by atoms with Crippen LogP contribution in [0.3, 0.4) is 0 Å². The summed E-state index contributed by atoms with van der Waals surface area (Å²) in [5, 5.41) is 1.29. The Morgan fingerprint density at radius 3 is 2.71 bits per heavy atom. The summed E-state index contributed by atoms with van der Waals surface area (Å²) in [6.45, 7) is 4.44. The predicted octanol–water partition coefficient (Wildman–Crippen LogP) is 4.14. The number of anilines is 1. The SMILES string of the molecule is Cc1cc2cc(-c3cccnc3)cc(N3CCCC3)c2[nH]1. The zero-order valence-corrected chi connectivity index (χ0v) is 12.3. The van der Waals surface area contributed by atoms with Crippen LogP contribution >= 0.6 is 0 Å². The van der Waals surface area contributed by atoms with Gasteiger partial charge in [0, 0.05) is 42.1 Å². The summed E-state index contributed by atoms with van der Waals surface area (Å²) in [6.07, 6.45) is 6.34. The van der Waals surface area contributed by atoms with Crippen LogP contribution in [0, 0.1) is 6.92 Å². The predicted molar refractivity (Wildman–Crippen MR) is 87.7 cm³/mol. The van der Waals surface area contributed by atoms with E-state index in [0.717, 1.165) is 13.1 Å². The standard InChI is InChI=1S/C18H19N3/c1-13-9-16-10-15(14-5-4-6-19-12-14)11-17(18(16)20-13)21-7-2-3-8-21/h4-6,9-12,20H,2-3,7-8H2,1H3. The summed E-state index contributed by atoms with van der Waals surface area (Å²) < 4.78 is 0. The Labute approximate surface area is 124 Å². The van der Waals surface area contributed by atoms with Gasteiger partial charge in [-0.1, -0.05) is 6.07 Å². The van der Waals surface area contributed by atoms with Gasteiger partial charge in [-0.2, -0.15) is 0 Å². The van der Waals surface area contributed by atoms with Crippen molar-refractivity contribution in [2.75, 3.05) is 18.0 Å². The lowest BCUT2D eigenvalue weighted by atomic mass is 10.0. The number of nitrogens with one attached hydrogen (secondary N) is 1. The molecule has 1 fully saturated rings. The normalized spacial score (nSPS) is 15.0. The van der Waals surface area contributed by atoms with Crippen LogP contribution in [0.1, 0.15) is 18.5 Å². The van der Waals surface area contributed by atoms with Crippen molar-refractivity contribution in [1.82, 2.24) is 9.97 Å². The number of hydrogen-bond donors (Lipinski definition) is 1. The Morgan fingerprint density at radius 1 is 1.10 bits per heavy atom. The van der Waals surface area contributed by atoms with Crippen molar-refractivity contribution >= 4 is 16.6 Å². The van der Waals surface area contributed by atoms with E-state index in [1.807, 2.05) is 18.5 Å². The molecule has 21 heavy (non-hydrogen) atoms. The quantitative estimate of drug-likeness (QED) is 0.763. The number of rotatable bonds is 2. The van der Waals surface area contributed by atoms with Crippen molar-refractivity contribution < 1.29 is 0 Å². The lowest BCUT2D eigenvalue weighted by Gasteiger charge is -2.20. The molecule has 1 aliphatic rings. The van der Waals surface area contributed by atoms with Crippen LogP contribution in [0.4, 0.5) is 5.69 Å². The monoisotopic (exact) mass is 277 g/mol. The average Bonchev–Trinajstić information content (AvgIpc) is 3.15. The highest BCUT2D eigenvalue weighted by Crippen LogP contribution is 2.34. The van der Waals surface area contributed by atoms with Crippen molar-refractivity contribution in [2.45, 2.75) is 19.8 Å². The van der Waals surface area contributed by atoms with E-state index in [9.17, 15) is 0 Å². The number of fused-ring (bicyclic) bond motifs is 1. The van der Waals surface area contributed by atoms with Gasteiger partial charge in [0.1, 0.15) is 0 Å². The molecule has 0 saturated carbocycles. The van der Waals surface area contributed by atoms with Crippen molar-refractivity contribution in [1.29, 1.82) is 0 Å². The van der Waals surface area contributed by atoms with E-state index in [2.05, 4.69) is 46.1 Å². The summed E-state index contributed by atoms with van der Waals surface area (Å²) in [7, 11) is 0. The molecular formula is C18H19N3. The smallest absolute Gasteiger partial charge is 0.0694 e. The molecule has 0 atom stereocenters.